The summed E-state index contributed by atoms with van der Waals surface area (Å²) >= 11 is 0. The van der Waals surface area contributed by atoms with E-state index in [9.17, 15) is 24.0 Å². The molecule has 0 radical (unpaired) electrons. The Kier molecular flexibility index (Phi) is 9.89. The first kappa shape index (κ1) is 27.0. The van der Waals surface area contributed by atoms with Gasteiger partial charge in [-0.15, -0.1) is 0 Å². The second-order valence-electron chi connectivity index (χ2n) is 7.86. The van der Waals surface area contributed by atoms with Gasteiger partial charge < -0.3 is 42.5 Å². The van der Waals surface area contributed by atoms with Gasteiger partial charge in [0.2, 0.25) is 23.6 Å². The Labute approximate surface area is 199 Å². The van der Waals surface area contributed by atoms with Crippen LogP contribution in [-0.4, -0.2) is 78.8 Å². The molecule has 4 amide bonds. The zero-order chi connectivity index (χ0) is 26.0. The Morgan fingerprint density at radius 1 is 0.914 bits per heavy atom. The number of hydrogen-bond acceptors (Lipinski definition) is 8. The Bertz CT molecular complexity index is 1010. The first-order chi connectivity index (χ1) is 16.6. The maximum atomic E-state index is 13.1. The minimum absolute atomic E-state index is 0.00988. The summed E-state index contributed by atoms with van der Waals surface area (Å²) in [6.45, 7) is 1.25. The Morgan fingerprint density at radius 3 is 1.97 bits per heavy atom. The molecule has 4 unspecified atom stereocenters. The molecule has 190 valence electrons. The highest BCUT2D eigenvalue weighted by molar-refractivity contribution is 5.94. The Hall–Kier alpha value is -4.27. The van der Waals surface area contributed by atoms with Gasteiger partial charge in [0.1, 0.15) is 18.1 Å². The molecular formula is C20H29N9O6. The summed E-state index contributed by atoms with van der Waals surface area (Å²) in [6, 6.07) is -4.69. The number of carbonyl (C=O) groups is 5. The van der Waals surface area contributed by atoms with E-state index in [-0.39, 0.29) is 25.7 Å². The third-order valence-electron chi connectivity index (χ3n) is 4.98. The molecule has 0 aliphatic heterocycles. The number of aromatic amines is 2. The SMILES string of the molecule is CC(NC(=O)C(CCC(N)=O)NC(=O)C(Cc1cnc[nH]1)NC(=O)C(N)Cc1cnc[nH]1)C(=O)O. The largest absolute Gasteiger partial charge is 0.480 e. The lowest BCUT2D eigenvalue weighted by Gasteiger charge is -2.24. The third kappa shape index (κ3) is 8.88. The first-order valence-electron chi connectivity index (χ1n) is 10.7. The van der Waals surface area contributed by atoms with Crippen molar-refractivity contribution in [3.05, 3.63) is 36.4 Å². The standard InChI is InChI=1S/C20H29N9O6/c1-10(20(34)35)27-18(32)14(2-3-16(22)30)28-19(33)15(5-12-7-24-9-26-12)29-17(31)13(21)4-11-6-23-8-25-11/h6-10,13-15H,2-5,21H2,1H3,(H2,22,30)(H,23,25)(H,24,26)(H,27,32)(H,28,33)(H,29,31)(H,34,35). The van der Waals surface area contributed by atoms with Crippen molar-refractivity contribution in [1.29, 1.82) is 0 Å². The number of nitrogens with two attached hydrogens (primary N) is 2. The molecule has 35 heavy (non-hydrogen) atoms. The van der Waals surface area contributed by atoms with Crippen LogP contribution in [0.15, 0.2) is 25.0 Å². The van der Waals surface area contributed by atoms with Crippen LogP contribution in [0.1, 0.15) is 31.2 Å². The van der Waals surface area contributed by atoms with Crippen molar-refractivity contribution in [2.75, 3.05) is 0 Å². The van der Waals surface area contributed by atoms with Gasteiger partial charge in [0, 0.05) is 43.0 Å². The highest BCUT2D eigenvalue weighted by Gasteiger charge is 2.30. The molecule has 4 atom stereocenters. The average molecular weight is 492 g/mol. The van der Waals surface area contributed by atoms with E-state index in [1.54, 1.807) is 0 Å². The van der Waals surface area contributed by atoms with Gasteiger partial charge in [-0.2, -0.15) is 0 Å². The normalized spacial score (nSPS) is 14.2. The van der Waals surface area contributed by atoms with Gasteiger partial charge >= 0.3 is 5.97 Å². The van der Waals surface area contributed by atoms with Gasteiger partial charge in [-0.25, -0.2) is 9.97 Å². The van der Waals surface area contributed by atoms with E-state index >= 15 is 0 Å². The van der Waals surface area contributed by atoms with E-state index in [0.29, 0.717) is 11.4 Å². The number of carboxylic acid groups (broad SMARTS) is 1. The van der Waals surface area contributed by atoms with Crippen molar-refractivity contribution < 1.29 is 29.1 Å². The van der Waals surface area contributed by atoms with Crippen LogP contribution < -0.4 is 27.4 Å². The van der Waals surface area contributed by atoms with Crippen LogP contribution in [0.3, 0.4) is 0 Å². The van der Waals surface area contributed by atoms with Crippen molar-refractivity contribution in [3.8, 4) is 0 Å². The number of carbonyl (C=O) groups excluding carboxylic acids is 4. The summed E-state index contributed by atoms with van der Waals surface area (Å²) in [5.41, 5.74) is 12.3. The van der Waals surface area contributed by atoms with Crippen LogP contribution in [0, 0.1) is 0 Å². The Balaban J connectivity index is 2.14. The number of nitrogens with zero attached hydrogens (tertiary/aromatic N) is 2. The van der Waals surface area contributed by atoms with Crippen LogP contribution in [0.4, 0.5) is 0 Å². The van der Waals surface area contributed by atoms with E-state index in [2.05, 4.69) is 35.9 Å². The average Bonchev–Trinajstić information content (AvgIpc) is 3.49. The van der Waals surface area contributed by atoms with E-state index in [1.807, 2.05) is 0 Å². The maximum Gasteiger partial charge on any atom is 0.325 e. The summed E-state index contributed by atoms with van der Waals surface area (Å²) < 4.78 is 0. The Morgan fingerprint density at radius 2 is 1.46 bits per heavy atom. The number of rotatable bonds is 14. The minimum Gasteiger partial charge on any atom is -0.480 e. The zero-order valence-corrected chi connectivity index (χ0v) is 19.0. The molecule has 2 aromatic heterocycles. The molecule has 2 rings (SSSR count). The topological polar surface area (TPSA) is 251 Å². The summed E-state index contributed by atoms with van der Waals surface area (Å²) in [5.74, 6) is -4.20. The van der Waals surface area contributed by atoms with Crippen molar-refractivity contribution in [2.24, 2.45) is 11.5 Å². The quantitative estimate of drug-likeness (QED) is 0.134. The van der Waals surface area contributed by atoms with Crippen LogP contribution >= 0.6 is 0 Å². The molecule has 15 heteroatoms. The van der Waals surface area contributed by atoms with Crippen molar-refractivity contribution >= 4 is 29.6 Å². The fraction of sp³-hybridized carbons (Fsp3) is 0.450. The highest BCUT2D eigenvalue weighted by Crippen LogP contribution is 2.05. The number of carboxylic acids is 1. The molecule has 0 saturated heterocycles. The van der Waals surface area contributed by atoms with Crippen LogP contribution in [0.5, 0.6) is 0 Å². The molecule has 0 spiro atoms. The first-order valence-corrected chi connectivity index (χ1v) is 10.7. The number of amides is 4. The molecule has 0 saturated carbocycles. The molecule has 0 aromatic carbocycles. The van der Waals surface area contributed by atoms with Crippen LogP contribution in [-0.2, 0) is 36.8 Å². The van der Waals surface area contributed by atoms with E-state index in [1.165, 1.54) is 32.0 Å². The van der Waals surface area contributed by atoms with Crippen molar-refractivity contribution in [2.45, 2.75) is 56.8 Å². The zero-order valence-electron chi connectivity index (χ0n) is 19.0. The minimum atomic E-state index is -1.28. The molecular weight excluding hydrogens is 462 g/mol. The molecule has 10 N–H and O–H groups in total. The number of H-pyrrole nitrogens is 2. The summed E-state index contributed by atoms with van der Waals surface area (Å²) in [5, 5.41) is 16.3. The number of hydrogen-bond donors (Lipinski definition) is 8. The summed E-state index contributed by atoms with van der Waals surface area (Å²) in [4.78, 5) is 74.1. The van der Waals surface area contributed by atoms with Crippen molar-refractivity contribution in [1.82, 2.24) is 35.9 Å². The van der Waals surface area contributed by atoms with Gasteiger partial charge in [-0.1, -0.05) is 0 Å². The summed E-state index contributed by atoms with van der Waals surface area (Å²) in [7, 11) is 0. The van der Waals surface area contributed by atoms with Crippen LogP contribution in [0.25, 0.3) is 0 Å². The predicted octanol–water partition coefficient (Wildman–Crippen LogP) is -2.93. The third-order valence-corrected chi connectivity index (χ3v) is 4.98. The monoisotopic (exact) mass is 491 g/mol. The number of nitrogens with one attached hydrogen (secondary N) is 5. The molecule has 2 aromatic rings. The predicted molar refractivity (Wildman–Crippen MR) is 120 cm³/mol. The fourth-order valence-electron chi connectivity index (χ4n) is 3.03. The van der Waals surface area contributed by atoms with Gasteiger partial charge in [-0.05, 0) is 13.3 Å². The van der Waals surface area contributed by atoms with Crippen LogP contribution in [0.2, 0.25) is 0 Å². The molecule has 15 nitrogen and oxygen atoms in total. The van der Waals surface area contributed by atoms with E-state index < -0.39 is 53.8 Å². The second kappa shape index (κ2) is 12.8. The molecule has 0 aliphatic rings. The maximum absolute atomic E-state index is 13.1. The van der Waals surface area contributed by atoms with Gasteiger partial charge in [0.25, 0.3) is 0 Å². The smallest absolute Gasteiger partial charge is 0.325 e. The van der Waals surface area contributed by atoms with E-state index in [4.69, 9.17) is 16.6 Å². The lowest BCUT2D eigenvalue weighted by molar-refractivity contribution is -0.142. The summed E-state index contributed by atoms with van der Waals surface area (Å²) in [6.07, 6.45) is 5.52. The van der Waals surface area contributed by atoms with Gasteiger partial charge in [-0.3, -0.25) is 24.0 Å². The second-order valence-corrected chi connectivity index (χ2v) is 7.86. The lowest BCUT2D eigenvalue weighted by Crippen LogP contribution is -2.57. The fourth-order valence-corrected chi connectivity index (χ4v) is 3.03. The lowest BCUT2D eigenvalue weighted by atomic mass is 10.1. The van der Waals surface area contributed by atoms with Gasteiger partial charge in [0.15, 0.2) is 0 Å². The molecule has 0 fully saturated rings. The molecule has 0 bridgehead atoms. The number of imidazole rings is 2. The molecule has 2 heterocycles. The number of aliphatic carboxylic acids is 1. The number of primary amides is 1. The van der Waals surface area contributed by atoms with Crippen molar-refractivity contribution in [3.63, 3.8) is 0 Å². The highest BCUT2D eigenvalue weighted by atomic mass is 16.4. The van der Waals surface area contributed by atoms with E-state index in [0.717, 1.165) is 0 Å². The number of aromatic nitrogens is 4. The molecule has 0 aliphatic carbocycles. The van der Waals surface area contributed by atoms with Gasteiger partial charge in [0.05, 0.1) is 18.7 Å².